The molecule has 0 heterocycles. The van der Waals surface area contributed by atoms with Crippen LogP contribution in [0.5, 0.6) is 0 Å². The van der Waals surface area contributed by atoms with E-state index in [2.05, 4.69) is 22.0 Å². The summed E-state index contributed by atoms with van der Waals surface area (Å²) in [6, 6.07) is 6.07. The highest BCUT2D eigenvalue weighted by atomic mass is 79.9. The molecular formula is C9H9BBrO. The van der Waals surface area contributed by atoms with Crippen molar-refractivity contribution >= 4 is 28.9 Å². The van der Waals surface area contributed by atoms with Gasteiger partial charge in [-0.25, -0.2) is 0 Å². The number of rotatable bonds is 2. The summed E-state index contributed by atoms with van der Waals surface area (Å²) in [6.45, 7) is 0. The number of hydrogen-bond acceptors (Lipinski definition) is 1. The molecule has 1 N–H and O–H groups in total. The van der Waals surface area contributed by atoms with Crippen LogP contribution in [0, 0.1) is 0 Å². The van der Waals surface area contributed by atoms with Gasteiger partial charge >= 0.3 is 7.48 Å². The van der Waals surface area contributed by atoms with Crippen LogP contribution < -0.4 is 5.46 Å². The Kier molecular flexibility index (Phi) is 2.24. The fourth-order valence-electron chi connectivity index (χ4n) is 1.42. The predicted octanol–water partition coefficient (Wildman–Crippen LogP) is 1.56. The van der Waals surface area contributed by atoms with Gasteiger partial charge in [0.1, 0.15) is 0 Å². The van der Waals surface area contributed by atoms with E-state index in [1.165, 1.54) is 25.9 Å². The van der Waals surface area contributed by atoms with Gasteiger partial charge in [-0.2, -0.15) is 0 Å². The Labute approximate surface area is 81.2 Å². The maximum atomic E-state index is 8.97. The smallest absolute Gasteiger partial charge is 0.327 e. The zero-order valence-electron chi connectivity index (χ0n) is 6.63. The Morgan fingerprint density at radius 2 is 2.17 bits per heavy atom. The first-order valence-corrected chi connectivity index (χ1v) is 4.87. The van der Waals surface area contributed by atoms with Gasteiger partial charge in [0.15, 0.2) is 0 Å². The van der Waals surface area contributed by atoms with Gasteiger partial charge in [-0.05, 0) is 35.9 Å². The van der Waals surface area contributed by atoms with E-state index in [0.717, 1.165) is 9.94 Å². The monoisotopic (exact) mass is 223 g/mol. The molecule has 12 heavy (non-hydrogen) atoms. The SMILES string of the molecule is O[B]c1cc(Br)ccc1C1CC1. The van der Waals surface area contributed by atoms with Crippen LogP contribution in [0.25, 0.3) is 0 Å². The maximum Gasteiger partial charge on any atom is 0.327 e. The van der Waals surface area contributed by atoms with Crippen LogP contribution in [-0.4, -0.2) is 12.5 Å². The first kappa shape index (κ1) is 8.33. The number of hydrogen-bond donors (Lipinski definition) is 1. The third-order valence-electron chi connectivity index (χ3n) is 2.21. The van der Waals surface area contributed by atoms with Crippen LogP contribution in [-0.2, 0) is 0 Å². The van der Waals surface area contributed by atoms with Crippen molar-refractivity contribution in [3.63, 3.8) is 0 Å². The minimum Gasteiger partial charge on any atom is -0.450 e. The quantitative estimate of drug-likeness (QED) is 0.755. The highest BCUT2D eigenvalue weighted by Gasteiger charge is 2.25. The van der Waals surface area contributed by atoms with E-state index >= 15 is 0 Å². The van der Waals surface area contributed by atoms with Crippen LogP contribution in [0.15, 0.2) is 22.7 Å². The predicted molar refractivity (Wildman–Crippen MR) is 53.7 cm³/mol. The Morgan fingerprint density at radius 1 is 1.42 bits per heavy atom. The lowest BCUT2D eigenvalue weighted by Crippen LogP contribution is -2.18. The topological polar surface area (TPSA) is 20.2 Å². The van der Waals surface area contributed by atoms with Gasteiger partial charge in [-0.15, -0.1) is 0 Å². The highest BCUT2D eigenvalue weighted by Crippen LogP contribution is 2.39. The van der Waals surface area contributed by atoms with Crippen molar-refractivity contribution in [1.29, 1.82) is 0 Å². The zero-order chi connectivity index (χ0) is 8.55. The van der Waals surface area contributed by atoms with Crippen molar-refractivity contribution in [2.45, 2.75) is 18.8 Å². The molecule has 0 amide bonds. The Balaban J connectivity index is 2.38. The Bertz CT molecular complexity index is 297. The van der Waals surface area contributed by atoms with Gasteiger partial charge in [0.05, 0.1) is 0 Å². The molecule has 61 valence electrons. The summed E-state index contributed by atoms with van der Waals surface area (Å²) in [5.41, 5.74) is 2.23. The van der Waals surface area contributed by atoms with Gasteiger partial charge < -0.3 is 5.02 Å². The van der Waals surface area contributed by atoms with E-state index in [0.29, 0.717) is 5.92 Å². The Morgan fingerprint density at radius 3 is 2.75 bits per heavy atom. The molecule has 2 rings (SSSR count). The lowest BCUT2D eigenvalue weighted by molar-refractivity contribution is 0.615. The molecule has 0 atom stereocenters. The fraction of sp³-hybridized carbons (Fsp3) is 0.333. The van der Waals surface area contributed by atoms with E-state index < -0.39 is 0 Å². The first-order valence-electron chi connectivity index (χ1n) is 4.08. The molecule has 3 heteroatoms. The molecule has 1 aromatic rings. The third-order valence-corrected chi connectivity index (χ3v) is 2.70. The first-order chi connectivity index (χ1) is 5.81. The van der Waals surface area contributed by atoms with Gasteiger partial charge in [0, 0.05) is 4.47 Å². The van der Waals surface area contributed by atoms with E-state index in [4.69, 9.17) is 5.02 Å². The molecule has 1 aromatic carbocycles. The minimum absolute atomic E-state index is 0.691. The molecule has 0 bridgehead atoms. The summed E-state index contributed by atoms with van der Waals surface area (Å²) >= 11 is 3.38. The summed E-state index contributed by atoms with van der Waals surface area (Å²) in [7, 11) is 1.19. The van der Waals surface area contributed by atoms with Crippen LogP contribution in [0.1, 0.15) is 24.3 Å². The molecule has 0 spiro atoms. The average molecular weight is 224 g/mol. The minimum atomic E-state index is 0.691. The summed E-state index contributed by atoms with van der Waals surface area (Å²) in [5.74, 6) is 0.691. The van der Waals surface area contributed by atoms with Crippen LogP contribution in [0.4, 0.5) is 0 Å². The molecule has 1 saturated carbocycles. The van der Waals surface area contributed by atoms with Crippen molar-refractivity contribution in [2.75, 3.05) is 0 Å². The van der Waals surface area contributed by atoms with Crippen molar-refractivity contribution in [2.24, 2.45) is 0 Å². The summed E-state index contributed by atoms with van der Waals surface area (Å²) in [5, 5.41) is 8.97. The molecule has 1 aliphatic carbocycles. The molecule has 0 unspecified atom stereocenters. The highest BCUT2D eigenvalue weighted by molar-refractivity contribution is 9.10. The maximum absolute atomic E-state index is 8.97. The molecule has 0 aromatic heterocycles. The lowest BCUT2D eigenvalue weighted by Gasteiger charge is -2.04. The van der Waals surface area contributed by atoms with Crippen LogP contribution in [0.2, 0.25) is 0 Å². The van der Waals surface area contributed by atoms with E-state index in [1.807, 2.05) is 12.1 Å². The molecule has 0 saturated heterocycles. The van der Waals surface area contributed by atoms with Crippen molar-refractivity contribution < 1.29 is 5.02 Å². The number of halogens is 1. The summed E-state index contributed by atoms with van der Waals surface area (Å²) in [4.78, 5) is 0. The second kappa shape index (κ2) is 3.23. The second-order valence-corrected chi connectivity index (χ2v) is 4.09. The molecule has 1 radical (unpaired) electrons. The van der Waals surface area contributed by atoms with Crippen LogP contribution in [0.3, 0.4) is 0 Å². The van der Waals surface area contributed by atoms with Gasteiger partial charge in [-0.1, -0.05) is 28.1 Å². The molecular weight excluding hydrogens is 215 g/mol. The average Bonchev–Trinajstić information content (AvgIpc) is 2.87. The van der Waals surface area contributed by atoms with E-state index in [1.54, 1.807) is 0 Å². The van der Waals surface area contributed by atoms with Gasteiger partial charge in [0.25, 0.3) is 0 Å². The third kappa shape index (κ3) is 1.57. The van der Waals surface area contributed by atoms with Crippen molar-refractivity contribution in [3.8, 4) is 0 Å². The van der Waals surface area contributed by atoms with Crippen LogP contribution >= 0.6 is 15.9 Å². The molecule has 0 aliphatic heterocycles. The standard InChI is InChI=1S/C9H9BBrO/c11-7-3-4-8(6-1-2-6)9(5-7)10-12/h3-6,12H,1-2H2. The molecule has 1 fully saturated rings. The largest absolute Gasteiger partial charge is 0.450 e. The van der Waals surface area contributed by atoms with Gasteiger partial charge in [0.2, 0.25) is 0 Å². The van der Waals surface area contributed by atoms with Crippen molar-refractivity contribution in [3.05, 3.63) is 28.2 Å². The zero-order valence-corrected chi connectivity index (χ0v) is 8.21. The van der Waals surface area contributed by atoms with Crippen molar-refractivity contribution in [1.82, 2.24) is 0 Å². The number of benzene rings is 1. The van der Waals surface area contributed by atoms with Gasteiger partial charge in [-0.3, -0.25) is 0 Å². The molecule has 1 aliphatic rings. The van der Waals surface area contributed by atoms with E-state index in [-0.39, 0.29) is 0 Å². The fourth-order valence-corrected chi connectivity index (χ4v) is 1.80. The summed E-state index contributed by atoms with van der Waals surface area (Å²) < 4.78 is 1.02. The lowest BCUT2D eigenvalue weighted by atomic mass is 9.83. The normalized spacial score (nSPS) is 16.2. The van der Waals surface area contributed by atoms with E-state index in [9.17, 15) is 0 Å². The molecule has 1 nitrogen and oxygen atoms in total. The Hall–Kier alpha value is -0.275. The summed E-state index contributed by atoms with van der Waals surface area (Å²) in [6.07, 6.45) is 2.53. The second-order valence-electron chi connectivity index (χ2n) is 3.18.